The molecule has 0 radical (unpaired) electrons. The van der Waals surface area contributed by atoms with E-state index in [1.165, 1.54) is 0 Å². The number of fused-ring (bicyclic) bond motifs is 1. The lowest BCUT2D eigenvalue weighted by molar-refractivity contribution is 0.181. The van der Waals surface area contributed by atoms with Gasteiger partial charge in [-0.25, -0.2) is 4.79 Å². The van der Waals surface area contributed by atoms with Crippen LogP contribution >= 0.6 is 11.6 Å². The third-order valence-electron chi connectivity index (χ3n) is 5.33. The van der Waals surface area contributed by atoms with Crippen molar-refractivity contribution in [1.82, 2.24) is 15.5 Å². The van der Waals surface area contributed by atoms with Gasteiger partial charge in [0.05, 0.1) is 18.3 Å². The van der Waals surface area contributed by atoms with E-state index in [0.29, 0.717) is 5.02 Å². The lowest BCUT2D eigenvalue weighted by atomic mass is 10.0. The number of ether oxygens (including phenoxy) is 1. The van der Waals surface area contributed by atoms with Crippen LogP contribution in [0.2, 0.25) is 5.02 Å². The number of hydrogen-bond acceptors (Lipinski definition) is 4. The fourth-order valence-corrected chi connectivity index (χ4v) is 3.99. The molecule has 1 heterocycles. The highest BCUT2D eigenvalue weighted by Crippen LogP contribution is 2.34. The van der Waals surface area contributed by atoms with Crippen LogP contribution in [0.3, 0.4) is 0 Å². The van der Waals surface area contributed by atoms with E-state index in [4.69, 9.17) is 16.3 Å². The van der Waals surface area contributed by atoms with Crippen molar-refractivity contribution >= 4 is 29.3 Å². The highest BCUT2D eigenvalue weighted by molar-refractivity contribution is 6.30. The number of amides is 1. The Morgan fingerprint density at radius 3 is 2.77 bits per heavy atom. The Morgan fingerprint density at radius 2 is 2.00 bits per heavy atom. The first-order chi connectivity index (χ1) is 15.1. The number of carbonyl (C=O) groups is 1. The predicted octanol–water partition coefficient (Wildman–Crippen LogP) is 5.15. The lowest BCUT2D eigenvalue weighted by Crippen LogP contribution is -2.33. The number of H-pyrrole nitrogens is 1. The molecule has 1 aromatic heterocycles. The molecule has 3 N–H and O–H groups in total. The summed E-state index contributed by atoms with van der Waals surface area (Å²) in [7, 11) is 0. The van der Waals surface area contributed by atoms with E-state index in [-0.39, 0.29) is 12.5 Å². The molecule has 1 aliphatic rings. The summed E-state index contributed by atoms with van der Waals surface area (Å²) in [5.74, 6) is 0.274. The molecule has 1 aliphatic carbocycles. The van der Waals surface area contributed by atoms with Crippen LogP contribution in [0.25, 0.3) is 11.6 Å². The normalized spacial score (nSPS) is 15.7. The fourth-order valence-electron chi connectivity index (χ4n) is 3.79. The molecule has 3 aromatic rings. The molecule has 0 fully saturated rings. The van der Waals surface area contributed by atoms with Crippen LogP contribution < -0.4 is 10.1 Å². The number of carbonyl (C=O) groups excluding carboxylic acids is 1. The highest BCUT2D eigenvalue weighted by Gasteiger charge is 2.23. The maximum absolute atomic E-state index is 12.5. The van der Waals surface area contributed by atoms with Gasteiger partial charge in [0.2, 0.25) is 5.88 Å². The van der Waals surface area contributed by atoms with Crippen molar-refractivity contribution in [1.29, 1.82) is 0 Å². The SMILES string of the molecule is O=C(N[C@@H](CO)c1ccccc1)Oc1n[nH]c2c1CCCC/C2=C\c1cccc(Cl)c1. The van der Waals surface area contributed by atoms with Crippen LogP contribution in [0.5, 0.6) is 5.88 Å². The minimum Gasteiger partial charge on any atom is -0.394 e. The number of aliphatic hydroxyl groups excluding tert-OH is 1. The summed E-state index contributed by atoms with van der Waals surface area (Å²) < 4.78 is 5.53. The Labute approximate surface area is 185 Å². The standard InChI is InChI=1S/C24H24ClN3O3/c25-19-11-6-7-16(14-19)13-18-10-4-5-12-20-22(18)27-28-23(20)31-24(30)26-21(15-29)17-8-2-1-3-9-17/h1-3,6-9,11,13-14,21,29H,4-5,10,12,15H2,(H,26,30)(H,27,28)/b18-13+/t21-/m0/s1. The summed E-state index contributed by atoms with van der Waals surface area (Å²) in [6.45, 7) is -0.232. The van der Waals surface area contributed by atoms with Gasteiger partial charge in [-0.15, -0.1) is 5.10 Å². The molecule has 0 bridgehead atoms. The van der Waals surface area contributed by atoms with Crippen LogP contribution in [0.15, 0.2) is 54.6 Å². The quantitative estimate of drug-likeness (QED) is 0.481. The molecule has 0 aliphatic heterocycles. The summed E-state index contributed by atoms with van der Waals surface area (Å²) in [6.07, 6.45) is 5.11. The van der Waals surface area contributed by atoms with Gasteiger partial charge in [-0.2, -0.15) is 0 Å². The zero-order valence-corrected chi connectivity index (χ0v) is 17.7. The average Bonchev–Trinajstić information content (AvgIpc) is 3.05. The summed E-state index contributed by atoms with van der Waals surface area (Å²) in [4.78, 5) is 12.5. The number of benzene rings is 2. The van der Waals surface area contributed by atoms with Crippen molar-refractivity contribution in [3.8, 4) is 5.88 Å². The minimum atomic E-state index is -0.651. The number of halogens is 1. The van der Waals surface area contributed by atoms with E-state index < -0.39 is 12.1 Å². The fraction of sp³-hybridized carbons (Fsp3) is 0.250. The predicted molar refractivity (Wildman–Crippen MR) is 121 cm³/mol. The zero-order chi connectivity index (χ0) is 21.6. The number of hydrogen-bond donors (Lipinski definition) is 3. The summed E-state index contributed by atoms with van der Waals surface area (Å²) in [6, 6.07) is 16.4. The van der Waals surface area contributed by atoms with Crippen LogP contribution in [-0.2, 0) is 6.42 Å². The Balaban J connectivity index is 1.53. The van der Waals surface area contributed by atoms with E-state index in [1.54, 1.807) is 0 Å². The first-order valence-corrected chi connectivity index (χ1v) is 10.7. The molecule has 1 atom stereocenters. The maximum atomic E-state index is 12.5. The van der Waals surface area contributed by atoms with Gasteiger partial charge in [0, 0.05) is 10.6 Å². The molecular weight excluding hydrogens is 414 g/mol. The van der Waals surface area contributed by atoms with Crippen molar-refractivity contribution < 1.29 is 14.6 Å². The van der Waals surface area contributed by atoms with Crippen molar-refractivity contribution in [2.45, 2.75) is 31.7 Å². The summed E-state index contributed by atoms with van der Waals surface area (Å²) in [5, 5.41) is 20.4. The van der Waals surface area contributed by atoms with E-state index in [1.807, 2.05) is 54.6 Å². The Morgan fingerprint density at radius 1 is 1.19 bits per heavy atom. The van der Waals surface area contributed by atoms with Crippen molar-refractivity contribution in [3.63, 3.8) is 0 Å². The van der Waals surface area contributed by atoms with Crippen LogP contribution in [-0.4, -0.2) is 28.0 Å². The van der Waals surface area contributed by atoms with Gasteiger partial charge in [0.1, 0.15) is 0 Å². The first kappa shape index (κ1) is 21.2. The molecule has 2 aromatic carbocycles. The summed E-state index contributed by atoms with van der Waals surface area (Å²) in [5.41, 5.74) is 4.70. The van der Waals surface area contributed by atoms with Gasteiger partial charge >= 0.3 is 6.09 Å². The second-order valence-electron chi connectivity index (χ2n) is 7.49. The second kappa shape index (κ2) is 9.81. The van der Waals surface area contributed by atoms with Gasteiger partial charge in [0.25, 0.3) is 0 Å². The zero-order valence-electron chi connectivity index (χ0n) is 17.0. The highest BCUT2D eigenvalue weighted by atomic mass is 35.5. The van der Waals surface area contributed by atoms with Crippen LogP contribution in [0, 0.1) is 0 Å². The summed E-state index contributed by atoms with van der Waals surface area (Å²) >= 11 is 6.12. The third kappa shape index (κ3) is 5.16. The molecular formula is C24H24ClN3O3. The number of aromatic nitrogens is 2. The van der Waals surface area contributed by atoms with Crippen molar-refractivity contribution in [2.24, 2.45) is 0 Å². The molecule has 160 valence electrons. The van der Waals surface area contributed by atoms with Gasteiger partial charge in [0.15, 0.2) is 0 Å². The molecule has 4 rings (SSSR count). The largest absolute Gasteiger partial charge is 0.414 e. The van der Waals surface area contributed by atoms with Crippen LogP contribution in [0.1, 0.15) is 47.7 Å². The van der Waals surface area contributed by atoms with Gasteiger partial charge in [-0.3, -0.25) is 5.10 Å². The smallest absolute Gasteiger partial charge is 0.394 e. The number of rotatable bonds is 5. The molecule has 0 saturated heterocycles. The van der Waals surface area contributed by atoms with Crippen molar-refractivity contribution in [3.05, 3.63) is 82.0 Å². The Kier molecular flexibility index (Phi) is 6.70. The average molecular weight is 438 g/mol. The van der Waals surface area contributed by atoms with Gasteiger partial charge in [-0.05, 0) is 60.6 Å². The molecule has 1 amide bonds. The number of allylic oxidation sites excluding steroid dienone is 1. The molecule has 7 heteroatoms. The maximum Gasteiger partial charge on any atom is 0.414 e. The van der Waals surface area contributed by atoms with E-state index in [0.717, 1.165) is 53.6 Å². The second-order valence-corrected chi connectivity index (χ2v) is 7.93. The van der Waals surface area contributed by atoms with E-state index in [2.05, 4.69) is 21.6 Å². The molecule has 31 heavy (non-hydrogen) atoms. The number of nitrogens with one attached hydrogen (secondary N) is 2. The molecule has 0 unspecified atom stereocenters. The van der Waals surface area contributed by atoms with E-state index >= 15 is 0 Å². The first-order valence-electron chi connectivity index (χ1n) is 10.3. The monoisotopic (exact) mass is 437 g/mol. The minimum absolute atomic E-state index is 0.232. The Hall–Kier alpha value is -3.09. The topological polar surface area (TPSA) is 87.2 Å². The third-order valence-corrected chi connectivity index (χ3v) is 5.56. The van der Waals surface area contributed by atoms with Gasteiger partial charge in [-0.1, -0.05) is 54.1 Å². The van der Waals surface area contributed by atoms with Gasteiger partial charge < -0.3 is 15.2 Å². The van der Waals surface area contributed by atoms with Crippen molar-refractivity contribution in [2.75, 3.05) is 6.61 Å². The lowest BCUT2D eigenvalue weighted by Gasteiger charge is -2.16. The number of aliphatic hydroxyl groups is 1. The van der Waals surface area contributed by atoms with E-state index in [9.17, 15) is 9.90 Å². The molecule has 6 nitrogen and oxygen atoms in total. The molecule has 0 spiro atoms. The Bertz CT molecular complexity index is 1080. The molecule has 0 saturated carbocycles. The number of aromatic amines is 1. The van der Waals surface area contributed by atoms with Crippen LogP contribution in [0.4, 0.5) is 4.79 Å². The number of nitrogens with zero attached hydrogens (tertiary/aromatic N) is 1.